The van der Waals surface area contributed by atoms with Crippen molar-refractivity contribution in [2.24, 2.45) is 0 Å². The smallest absolute Gasteiger partial charge is 0.244 e. The van der Waals surface area contributed by atoms with Crippen LogP contribution in [0.5, 0.6) is 5.88 Å². The molecule has 0 bridgehead atoms. The number of pyridine rings is 1. The molecule has 0 atom stereocenters. The van der Waals surface area contributed by atoms with E-state index in [1.165, 1.54) is 10.8 Å². The molecule has 0 amide bonds. The first-order valence-corrected chi connectivity index (χ1v) is 9.23. The van der Waals surface area contributed by atoms with E-state index in [0.29, 0.717) is 30.2 Å². The number of nitrogens with one attached hydrogen (secondary N) is 1. The molecule has 1 aliphatic carbocycles. The van der Waals surface area contributed by atoms with E-state index in [2.05, 4.69) is 25.5 Å². The number of aliphatic hydroxyl groups is 1. The van der Waals surface area contributed by atoms with Gasteiger partial charge in [-0.1, -0.05) is 6.92 Å². The van der Waals surface area contributed by atoms with Crippen molar-refractivity contribution in [3.63, 3.8) is 0 Å². The number of methoxy groups -OCH3 is 1. The Morgan fingerprint density at radius 2 is 2.21 bits per heavy atom. The monoisotopic (exact) mass is 380 g/mol. The van der Waals surface area contributed by atoms with Crippen LogP contribution in [0.15, 0.2) is 36.9 Å². The minimum absolute atomic E-state index is 0.0982. The van der Waals surface area contributed by atoms with Gasteiger partial charge in [0.2, 0.25) is 11.8 Å². The van der Waals surface area contributed by atoms with E-state index in [1.807, 2.05) is 25.3 Å². The van der Waals surface area contributed by atoms with Crippen molar-refractivity contribution in [1.82, 2.24) is 29.2 Å². The maximum Gasteiger partial charge on any atom is 0.244 e. The third-order valence-corrected chi connectivity index (χ3v) is 5.43. The maximum absolute atomic E-state index is 10.2. The van der Waals surface area contributed by atoms with E-state index < -0.39 is 5.60 Å². The molecule has 1 saturated carbocycles. The first kappa shape index (κ1) is 15.8. The summed E-state index contributed by atoms with van der Waals surface area (Å²) in [6.45, 7) is 1.98. The third-order valence-electron chi connectivity index (χ3n) is 5.43. The number of hydrogen-bond acceptors (Lipinski definition) is 7. The van der Waals surface area contributed by atoms with Gasteiger partial charge in [0.25, 0.3) is 0 Å². The lowest BCUT2D eigenvalue weighted by Gasteiger charge is -2.43. The molecule has 1 fully saturated rings. The van der Waals surface area contributed by atoms with E-state index in [-0.39, 0.29) is 12.2 Å². The highest BCUT2D eigenvalue weighted by Crippen LogP contribution is 2.37. The molecular formula is C19H21N7O2. The molecule has 4 aromatic heterocycles. The number of rotatable bonds is 5. The molecule has 4 aromatic rings. The Labute approximate surface area is 162 Å². The number of fused-ring (bicyclic) bond motifs is 2. The van der Waals surface area contributed by atoms with Gasteiger partial charge in [0.05, 0.1) is 14.1 Å². The normalized spacial score (nSPS) is 22.2. The topological polar surface area (TPSA) is 102 Å². The van der Waals surface area contributed by atoms with E-state index in [0.717, 1.165) is 23.2 Å². The Kier molecular flexibility index (Phi) is 3.48. The quantitative estimate of drug-likeness (QED) is 0.547. The highest BCUT2D eigenvalue weighted by atomic mass is 16.5. The minimum Gasteiger partial charge on any atom is -0.479 e. The van der Waals surface area contributed by atoms with E-state index in [4.69, 9.17) is 6.11 Å². The number of nitrogens with zero attached hydrogens (tertiary/aromatic N) is 6. The molecule has 0 spiro atoms. The van der Waals surface area contributed by atoms with E-state index in [9.17, 15) is 5.11 Å². The number of ether oxygens (including phenoxy) is 1. The molecule has 0 unspecified atom stereocenters. The van der Waals surface area contributed by atoms with Crippen LogP contribution in [0.4, 0.5) is 5.95 Å². The Bertz CT molecular complexity index is 1210. The Balaban J connectivity index is 1.55. The number of hydrogen-bond donors (Lipinski definition) is 2. The largest absolute Gasteiger partial charge is 0.479 e. The Morgan fingerprint density at radius 3 is 3.00 bits per heavy atom. The molecule has 28 heavy (non-hydrogen) atoms. The Hall–Kier alpha value is -3.20. The average molecular weight is 380 g/mol. The fraction of sp³-hybridized carbons (Fsp3) is 0.368. The molecule has 0 saturated heterocycles. The molecule has 1 aliphatic rings. The fourth-order valence-electron chi connectivity index (χ4n) is 3.75. The van der Waals surface area contributed by atoms with Crippen LogP contribution in [-0.2, 0) is 0 Å². The van der Waals surface area contributed by atoms with Gasteiger partial charge in [0.15, 0.2) is 5.65 Å². The summed E-state index contributed by atoms with van der Waals surface area (Å²) in [5.41, 5.74) is 2.38. The molecule has 9 heteroatoms. The van der Waals surface area contributed by atoms with Crippen LogP contribution in [-0.4, -0.2) is 53.1 Å². The molecular weight excluding hydrogens is 358 g/mol. The zero-order valence-corrected chi connectivity index (χ0v) is 15.6. The molecule has 144 valence electrons. The summed E-state index contributed by atoms with van der Waals surface area (Å²) in [5.74, 6) is 0.750. The van der Waals surface area contributed by atoms with Gasteiger partial charge in [-0.2, -0.15) is 10.1 Å². The summed E-state index contributed by atoms with van der Waals surface area (Å²) in [5, 5.41) is 22.1. The minimum atomic E-state index is -0.604. The zero-order valence-electron chi connectivity index (χ0n) is 16.6. The van der Waals surface area contributed by atoms with Crippen molar-refractivity contribution >= 4 is 17.1 Å². The molecule has 5 rings (SSSR count). The van der Waals surface area contributed by atoms with Crippen molar-refractivity contribution in [3.05, 3.63) is 36.9 Å². The number of anilines is 1. The van der Waals surface area contributed by atoms with Crippen LogP contribution in [0.3, 0.4) is 0 Å². The van der Waals surface area contributed by atoms with Crippen molar-refractivity contribution in [1.29, 1.82) is 0 Å². The van der Waals surface area contributed by atoms with Crippen LogP contribution >= 0.6 is 0 Å². The second kappa shape index (κ2) is 6.16. The summed E-state index contributed by atoms with van der Waals surface area (Å²) in [6, 6.07) is 5.61. The lowest BCUT2D eigenvalue weighted by Crippen LogP contribution is -2.50. The van der Waals surface area contributed by atoms with Crippen LogP contribution < -0.4 is 10.1 Å². The van der Waals surface area contributed by atoms with Gasteiger partial charge in [-0.15, -0.1) is 5.10 Å². The van der Waals surface area contributed by atoms with Gasteiger partial charge in [0, 0.05) is 29.5 Å². The number of aromatic nitrogens is 6. The SMILES string of the molecule is [2H]c1cc(-c2ccc3ncnn3c2)c2c(OC)nc(NC3CC(O)(CC)C3)nn12. The highest BCUT2D eigenvalue weighted by Gasteiger charge is 2.41. The predicted molar refractivity (Wildman–Crippen MR) is 103 cm³/mol. The van der Waals surface area contributed by atoms with Gasteiger partial charge < -0.3 is 15.2 Å². The summed E-state index contributed by atoms with van der Waals surface area (Å²) in [4.78, 5) is 8.66. The molecule has 0 aliphatic heterocycles. The lowest BCUT2D eigenvalue weighted by molar-refractivity contribution is -0.0442. The third kappa shape index (κ3) is 2.66. The molecule has 0 aromatic carbocycles. The second-order valence-electron chi connectivity index (χ2n) is 7.20. The Morgan fingerprint density at radius 1 is 1.36 bits per heavy atom. The zero-order chi connectivity index (χ0) is 20.2. The molecule has 0 radical (unpaired) electrons. The maximum atomic E-state index is 10.2. The second-order valence-corrected chi connectivity index (χ2v) is 7.20. The fourth-order valence-corrected chi connectivity index (χ4v) is 3.75. The first-order chi connectivity index (χ1) is 14.0. The van der Waals surface area contributed by atoms with Gasteiger partial charge in [-0.3, -0.25) is 0 Å². The van der Waals surface area contributed by atoms with Crippen LogP contribution in [0.25, 0.3) is 22.3 Å². The van der Waals surface area contributed by atoms with Crippen molar-refractivity contribution < 1.29 is 11.2 Å². The average Bonchev–Trinajstić information content (AvgIpc) is 3.30. The molecule has 2 N–H and O–H groups in total. The van der Waals surface area contributed by atoms with Crippen LogP contribution in [0.2, 0.25) is 0 Å². The molecule has 4 heterocycles. The highest BCUT2D eigenvalue weighted by molar-refractivity contribution is 5.84. The summed E-state index contributed by atoms with van der Waals surface area (Å²) in [7, 11) is 1.55. The summed E-state index contributed by atoms with van der Waals surface area (Å²) >= 11 is 0. The van der Waals surface area contributed by atoms with Gasteiger partial charge in [-0.05, 0) is 37.5 Å². The van der Waals surface area contributed by atoms with Gasteiger partial charge in [-0.25, -0.2) is 14.0 Å². The van der Waals surface area contributed by atoms with E-state index in [1.54, 1.807) is 17.7 Å². The van der Waals surface area contributed by atoms with E-state index >= 15 is 0 Å². The lowest BCUT2D eigenvalue weighted by atomic mass is 9.74. The van der Waals surface area contributed by atoms with Gasteiger partial charge >= 0.3 is 0 Å². The van der Waals surface area contributed by atoms with Crippen LogP contribution in [0.1, 0.15) is 27.6 Å². The van der Waals surface area contributed by atoms with Crippen LogP contribution in [0, 0.1) is 0 Å². The van der Waals surface area contributed by atoms with Crippen molar-refractivity contribution in [2.75, 3.05) is 12.4 Å². The summed E-state index contributed by atoms with van der Waals surface area (Å²) < 4.78 is 17.1. The summed E-state index contributed by atoms with van der Waals surface area (Å²) in [6.07, 6.45) is 5.58. The first-order valence-electron chi connectivity index (χ1n) is 9.73. The van der Waals surface area contributed by atoms with Gasteiger partial charge in [0.1, 0.15) is 11.8 Å². The predicted octanol–water partition coefficient (Wildman–Crippen LogP) is 2.16. The standard InChI is InChI=1S/C19H21N7O2/c1-3-19(27)8-13(9-19)22-18-23-17(28-2)16-14(6-7-25(16)24-18)12-4-5-15-20-11-21-26(15)10-12/h4-7,10-11,13,27H,3,8-9H2,1-2H3,(H,22,24)/i7D. The van der Waals surface area contributed by atoms with Crippen molar-refractivity contribution in [3.8, 4) is 17.0 Å². The molecule has 9 nitrogen and oxygen atoms in total. The van der Waals surface area contributed by atoms with Crippen molar-refractivity contribution in [2.45, 2.75) is 37.8 Å².